The Bertz CT molecular complexity index is 853. The van der Waals surface area contributed by atoms with E-state index in [0.717, 1.165) is 18.7 Å². The first kappa shape index (κ1) is 23.6. The number of amides is 3. The summed E-state index contributed by atoms with van der Waals surface area (Å²) >= 11 is 0. The molecule has 3 aliphatic rings. The number of carbonyl (C=O) groups excluding carboxylic acids is 3. The van der Waals surface area contributed by atoms with E-state index in [-0.39, 0.29) is 41.5 Å². The predicted octanol–water partition coefficient (Wildman–Crippen LogP) is 2.54. The topological polar surface area (TPSA) is 79.0 Å². The van der Waals surface area contributed by atoms with Gasteiger partial charge in [0, 0.05) is 19.6 Å². The second kappa shape index (κ2) is 10.6. The Morgan fingerprint density at radius 3 is 2.21 bits per heavy atom. The van der Waals surface area contributed by atoms with E-state index in [1.807, 2.05) is 44.2 Å². The van der Waals surface area contributed by atoms with Crippen LogP contribution in [0.15, 0.2) is 42.5 Å². The van der Waals surface area contributed by atoms with E-state index in [1.54, 1.807) is 0 Å². The van der Waals surface area contributed by atoms with Crippen molar-refractivity contribution in [1.29, 1.82) is 0 Å². The summed E-state index contributed by atoms with van der Waals surface area (Å²) in [5.41, 5.74) is 1.13. The van der Waals surface area contributed by atoms with Crippen molar-refractivity contribution in [2.24, 2.45) is 17.8 Å². The van der Waals surface area contributed by atoms with Crippen LogP contribution in [-0.2, 0) is 19.1 Å². The zero-order valence-corrected chi connectivity index (χ0v) is 19.6. The van der Waals surface area contributed by atoms with Crippen molar-refractivity contribution in [3.05, 3.63) is 48.0 Å². The number of allylic oxidation sites excluding steroid dienone is 2. The van der Waals surface area contributed by atoms with Crippen LogP contribution in [0.1, 0.15) is 44.7 Å². The molecule has 0 radical (unpaired) electrons. The molecule has 1 aliphatic carbocycles. The van der Waals surface area contributed by atoms with Crippen molar-refractivity contribution < 1.29 is 19.1 Å². The molecule has 2 saturated heterocycles. The largest absolute Gasteiger partial charge is 0.379 e. The van der Waals surface area contributed by atoms with Gasteiger partial charge in [0.15, 0.2) is 0 Å². The number of nitrogens with one attached hydrogen (secondary N) is 1. The molecule has 4 rings (SSSR count). The van der Waals surface area contributed by atoms with Gasteiger partial charge in [-0.1, -0.05) is 56.3 Å². The zero-order chi connectivity index (χ0) is 23.4. The Morgan fingerprint density at radius 2 is 1.64 bits per heavy atom. The van der Waals surface area contributed by atoms with Gasteiger partial charge < -0.3 is 10.1 Å². The van der Waals surface area contributed by atoms with E-state index in [9.17, 15) is 14.4 Å². The first-order valence-electron chi connectivity index (χ1n) is 12.1. The molecule has 178 valence electrons. The first-order chi connectivity index (χ1) is 16.0. The Hall–Kier alpha value is -2.51. The number of hydrogen-bond donors (Lipinski definition) is 1. The van der Waals surface area contributed by atoms with Crippen molar-refractivity contribution in [2.75, 3.05) is 32.8 Å². The van der Waals surface area contributed by atoms with Gasteiger partial charge in [0.05, 0.1) is 31.1 Å². The quantitative estimate of drug-likeness (QED) is 0.483. The average molecular weight is 454 g/mol. The molecule has 1 N–H and O–H groups in total. The van der Waals surface area contributed by atoms with E-state index in [0.29, 0.717) is 39.0 Å². The number of benzene rings is 1. The number of rotatable bonds is 8. The minimum atomic E-state index is -0.767. The molecule has 2 fully saturated rings. The second-order valence-corrected chi connectivity index (χ2v) is 9.67. The molecule has 0 spiro atoms. The van der Waals surface area contributed by atoms with Gasteiger partial charge >= 0.3 is 0 Å². The van der Waals surface area contributed by atoms with Crippen LogP contribution in [0.25, 0.3) is 0 Å². The highest BCUT2D eigenvalue weighted by Crippen LogP contribution is 2.37. The van der Waals surface area contributed by atoms with Gasteiger partial charge in [-0.25, -0.2) is 0 Å². The fourth-order valence-electron chi connectivity index (χ4n) is 5.25. The summed E-state index contributed by atoms with van der Waals surface area (Å²) in [6, 6.07) is 9.38. The van der Waals surface area contributed by atoms with Crippen LogP contribution in [0.2, 0.25) is 0 Å². The molecular formula is C26H35N3O4. The third kappa shape index (κ3) is 5.20. The van der Waals surface area contributed by atoms with Crippen LogP contribution in [0.4, 0.5) is 0 Å². The van der Waals surface area contributed by atoms with Crippen molar-refractivity contribution in [3.63, 3.8) is 0 Å². The van der Waals surface area contributed by atoms with Gasteiger partial charge in [0.2, 0.25) is 17.7 Å². The molecule has 1 aromatic rings. The van der Waals surface area contributed by atoms with Gasteiger partial charge in [0.1, 0.15) is 6.04 Å². The fourth-order valence-corrected chi connectivity index (χ4v) is 5.25. The van der Waals surface area contributed by atoms with Crippen molar-refractivity contribution >= 4 is 17.7 Å². The molecule has 3 amide bonds. The van der Waals surface area contributed by atoms with Crippen LogP contribution in [0, 0.1) is 17.8 Å². The maximum Gasteiger partial charge on any atom is 0.243 e. The second-order valence-electron chi connectivity index (χ2n) is 9.67. The maximum atomic E-state index is 13.5. The lowest BCUT2D eigenvalue weighted by Crippen LogP contribution is -2.52. The Kier molecular flexibility index (Phi) is 7.60. The minimum Gasteiger partial charge on any atom is -0.379 e. The lowest BCUT2D eigenvalue weighted by molar-refractivity contribution is -0.148. The van der Waals surface area contributed by atoms with Crippen molar-refractivity contribution in [2.45, 2.75) is 45.2 Å². The number of morpholine rings is 1. The van der Waals surface area contributed by atoms with Crippen molar-refractivity contribution in [3.8, 4) is 0 Å². The maximum absolute atomic E-state index is 13.5. The number of imide groups is 1. The highest BCUT2D eigenvalue weighted by atomic mass is 16.5. The molecule has 33 heavy (non-hydrogen) atoms. The molecule has 7 nitrogen and oxygen atoms in total. The molecule has 0 saturated carbocycles. The molecule has 7 heteroatoms. The normalized spacial score (nSPS) is 25.2. The van der Waals surface area contributed by atoms with Gasteiger partial charge in [0.25, 0.3) is 0 Å². The lowest BCUT2D eigenvalue weighted by Gasteiger charge is -2.35. The summed E-state index contributed by atoms with van der Waals surface area (Å²) in [4.78, 5) is 43.4. The SMILES string of the molecule is CC(C)CC(C(=O)NCC(c1ccccc1)N1CCOCC1)N1C(=O)C2CC=CCC2C1=O. The van der Waals surface area contributed by atoms with E-state index in [4.69, 9.17) is 4.74 Å². The summed E-state index contributed by atoms with van der Waals surface area (Å²) in [6.45, 7) is 7.37. The minimum absolute atomic E-state index is 0.00973. The Balaban J connectivity index is 1.50. The van der Waals surface area contributed by atoms with Crippen molar-refractivity contribution in [1.82, 2.24) is 15.1 Å². The van der Waals surface area contributed by atoms with E-state index in [2.05, 4.69) is 22.3 Å². The molecule has 4 unspecified atom stereocenters. The molecule has 2 aliphatic heterocycles. The molecule has 0 bridgehead atoms. The number of hydrogen-bond acceptors (Lipinski definition) is 5. The van der Waals surface area contributed by atoms with Gasteiger partial charge in [-0.2, -0.15) is 0 Å². The number of nitrogens with zero attached hydrogens (tertiary/aromatic N) is 2. The third-order valence-electron chi connectivity index (χ3n) is 6.99. The van der Waals surface area contributed by atoms with Crippen LogP contribution < -0.4 is 5.32 Å². The Morgan fingerprint density at radius 1 is 1.03 bits per heavy atom. The van der Waals surface area contributed by atoms with Crippen LogP contribution in [0.5, 0.6) is 0 Å². The van der Waals surface area contributed by atoms with E-state index >= 15 is 0 Å². The highest BCUT2D eigenvalue weighted by molar-refractivity contribution is 6.08. The molecular weight excluding hydrogens is 418 g/mol. The van der Waals surface area contributed by atoms with Crippen LogP contribution in [0.3, 0.4) is 0 Å². The molecule has 1 aromatic carbocycles. The predicted molar refractivity (Wildman–Crippen MR) is 125 cm³/mol. The standard InChI is InChI=1S/C26H35N3O4/c1-18(2)16-22(29-25(31)20-10-6-7-11-21(20)26(29)32)24(30)27-17-23(19-8-4-3-5-9-19)28-12-14-33-15-13-28/h3-9,18,20-23H,10-17H2,1-2H3,(H,27,30). The van der Waals surface area contributed by atoms with Crippen LogP contribution >= 0.6 is 0 Å². The Labute approximate surface area is 196 Å². The first-order valence-corrected chi connectivity index (χ1v) is 12.1. The summed E-state index contributed by atoms with van der Waals surface area (Å²) in [5.74, 6) is -1.10. The van der Waals surface area contributed by atoms with E-state index in [1.165, 1.54) is 4.90 Å². The molecule has 2 heterocycles. The zero-order valence-electron chi connectivity index (χ0n) is 19.6. The fraction of sp³-hybridized carbons (Fsp3) is 0.577. The number of fused-ring (bicyclic) bond motifs is 1. The molecule has 4 atom stereocenters. The smallest absolute Gasteiger partial charge is 0.243 e. The average Bonchev–Trinajstić information content (AvgIpc) is 3.09. The third-order valence-corrected chi connectivity index (χ3v) is 6.99. The number of likely N-dealkylation sites (tertiary alicyclic amines) is 1. The monoisotopic (exact) mass is 453 g/mol. The van der Waals surface area contributed by atoms with Gasteiger partial charge in [-0.3, -0.25) is 24.2 Å². The van der Waals surface area contributed by atoms with Gasteiger partial charge in [-0.05, 0) is 30.7 Å². The lowest BCUT2D eigenvalue weighted by atomic mass is 9.85. The van der Waals surface area contributed by atoms with Gasteiger partial charge in [-0.15, -0.1) is 0 Å². The van der Waals surface area contributed by atoms with Crippen LogP contribution in [-0.4, -0.2) is 66.4 Å². The summed E-state index contributed by atoms with van der Waals surface area (Å²) < 4.78 is 5.52. The number of ether oxygens (including phenoxy) is 1. The summed E-state index contributed by atoms with van der Waals surface area (Å²) in [7, 11) is 0. The molecule has 0 aromatic heterocycles. The number of carbonyl (C=O) groups is 3. The van der Waals surface area contributed by atoms with E-state index < -0.39 is 6.04 Å². The summed E-state index contributed by atoms with van der Waals surface area (Å²) in [6.07, 6.45) is 5.56. The summed E-state index contributed by atoms with van der Waals surface area (Å²) in [5, 5.41) is 3.10. The highest BCUT2D eigenvalue weighted by Gasteiger charge is 2.51.